The fourth-order valence-electron chi connectivity index (χ4n) is 1.99. The second-order valence-electron chi connectivity index (χ2n) is 4.96. The van der Waals surface area contributed by atoms with Gasteiger partial charge in [-0.05, 0) is 35.8 Å². The van der Waals surface area contributed by atoms with Gasteiger partial charge in [0.05, 0.1) is 0 Å². The van der Waals surface area contributed by atoms with Gasteiger partial charge < -0.3 is 0 Å². The second-order valence-corrected chi connectivity index (χ2v) is 4.96. The van der Waals surface area contributed by atoms with Gasteiger partial charge in [-0.2, -0.15) is 0 Å². The van der Waals surface area contributed by atoms with Crippen LogP contribution >= 0.6 is 0 Å². The van der Waals surface area contributed by atoms with Gasteiger partial charge in [-0.1, -0.05) is 50.3 Å². The summed E-state index contributed by atoms with van der Waals surface area (Å²) < 4.78 is 0. The van der Waals surface area contributed by atoms with Crippen LogP contribution in [0.3, 0.4) is 0 Å². The van der Waals surface area contributed by atoms with Crippen LogP contribution in [0.2, 0.25) is 0 Å². The highest BCUT2D eigenvalue weighted by atomic mass is 14.3. The number of hydrogen-bond acceptors (Lipinski definition) is 0. The molecular formula is C14H18. The highest BCUT2D eigenvalue weighted by Crippen LogP contribution is 2.37. The number of benzene rings is 1. The molecule has 0 bridgehead atoms. The van der Waals surface area contributed by atoms with E-state index in [1.54, 1.807) is 0 Å². The van der Waals surface area contributed by atoms with Gasteiger partial charge in [-0.15, -0.1) is 0 Å². The van der Waals surface area contributed by atoms with E-state index in [1.165, 1.54) is 30.4 Å². The third-order valence-corrected chi connectivity index (χ3v) is 3.12. The molecule has 0 saturated heterocycles. The van der Waals surface area contributed by atoms with E-state index in [4.69, 9.17) is 0 Å². The topological polar surface area (TPSA) is 0 Å². The first-order valence-electron chi connectivity index (χ1n) is 5.42. The predicted molar refractivity (Wildman–Crippen MR) is 62.1 cm³/mol. The first-order valence-corrected chi connectivity index (χ1v) is 5.42. The number of rotatable bonds is 1. The van der Waals surface area contributed by atoms with Gasteiger partial charge in [-0.25, -0.2) is 0 Å². The maximum absolute atomic E-state index is 2.42. The molecule has 0 nitrogen and oxygen atoms in total. The van der Waals surface area contributed by atoms with Crippen LogP contribution in [-0.2, 0) is 0 Å². The molecule has 0 N–H and O–H groups in total. The van der Waals surface area contributed by atoms with Gasteiger partial charge in [0.1, 0.15) is 0 Å². The summed E-state index contributed by atoms with van der Waals surface area (Å²) in [5.41, 5.74) is 3.45. The molecule has 0 heterocycles. The van der Waals surface area contributed by atoms with Crippen molar-refractivity contribution in [2.24, 2.45) is 5.41 Å². The van der Waals surface area contributed by atoms with E-state index >= 15 is 0 Å². The lowest BCUT2D eigenvalue weighted by Crippen LogP contribution is -2.13. The third-order valence-electron chi connectivity index (χ3n) is 3.12. The molecular weight excluding hydrogens is 168 g/mol. The zero-order chi connectivity index (χ0) is 10.0. The van der Waals surface area contributed by atoms with Crippen molar-refractivity contribution in [3.05, 3.63) is 42.0 Å². The van der Waals surface area contributed by atoms with E-state index < -0.39 is 0 Å². The van der Waals surface area contributed by atoms with Gasteiger partial charge in [0.25, 0.3) is 0 Å². The Bertz CT molecular complexity index is 330. The highest BCUT2D eigenvalue weighted by molar-refractivity contribution is 5.66. The Labute approximate surface area is 86.7 Å². The largest absolute Gasteiger partial charge is 0.0802 e. The molecule has 0 unspecified atom stereocenters. The Hall–Kier alpha value is -1.04. The van der Waals surface area contributed by atoms with Crippen LogP contribution in [0, 0.1) is 5.41 Å². The molecule has 0 radical (unpaired) electrons. The van der Waals surface area contributed by atoms with Crippen molar-refractivity contribution < 1.29 is 0 Å². The van der Waals surface area contributed by atoms with E-state index in [-0.39, 0.29) is 0 Å². The van der Waals surface area contributed by atoms with Crippen molar-refractivity contribution in [3.63, 3.8) is 0 Å². The third kappa shape index (κ3) is 2.06. The molecule has 1 aromatic rings. The van der Waals surface area contributed by atoms with E-state index in [1.807, 2.05) is 0 Å². The predicted octanol–water partition coefficient (Wildman–Crippen LogP) is 4.28. The van der Waals surface area contributed by atoms with Crippen molar-refractivity contribution >= 4 is 5.57 Å². The van der Waals surface area contributed by atoms with Gasteiger partial charge in [0, 0.05) is 0 Å². The lowest BCUT2D eigenvalue weighted by atomic mass is 9.77. The van der Waals surface area contributed by atoms with Crippen molar-refractivity contribution in [1.82, 2.24) is 0 Å². The summed E-state index contributed by atoms with van der Waals surface area (Å²) in [4.78, 5) is 0. The van der Waals surface area contributed by atoms with Crippen LogP contribution in [-0.4, -0.2) is 0 Å². The Kier molecular flexibility index (Phi) is 2.45. The van der Waals surface area contributed by atoms with Crippen molar-refractivity contribution in [3.8, 4) is 0 Å². The lowest BCUT2D eigenvalue weighted by molar-refractivity contribution is 0.335. The molecule has 1 aliphatic carbocycles. The number of allylic oxidation sites excluding steroid dienone is 2. The summed E-state index contributed by atoms with van der Waals surface area (Å²) in [7, 11) is 0. The van der Waals surface area contributed by atoms with E-state index in [2.05, 4.69) is 50.3 Å². The fourth-order valence-corrected chi connectivity index (χ4v) is 1.99. The smallest absolute Gasteiger partial charge is 0.0228 e. The van der Waals surface area contributed by atoms with Crippen LogP contribution in [0.25, 0.3) is 5.57 Å². The Morgan fingerprint density at radius 2 is 1.79 bits per heavy atom. The van der Waals surface area contributed by atoms with Crippen molar-refractivity contribution in [2.45, 2.75) is 33.1 Å². The van der Waals surface area contributed by atoms with Crippen LogP contribution in [0.4, 0.5) is 0 Å². The second kappa shape index (κ2) is 3.61. The molecule has 14 heavy (non-hydrogen) atoms. The Morgan fingerprint density at radius 1 is 1.07 bits per heavy atom. The summed E-state index contributed by atoms with van der Waals surface area (Å²) in [5, 5.41) is 0. The average molecular weight is 186 g/mol. The van der Waals surface area contributed by atoms with Crippen molar-refractivity contribution in [2.75, 3.05) is 0 Å². The minimum absolute atomic E-state index is 0.512. The summed E-state index contributed by atoms with van der Waals surface area (Å²) in [6.45, 7) is 4.70. The summed E-state index contributed by atoms with van der Waals surface area (Å²) >= 11 is 0. The minimum atomic E-state index is 0.512. The number of hydrogen-bond donors (Lipinski definition) is 0. The molecule has 2 rings (SSSR count). The quantitative estimate of drug-likeness (QED) is 0.614. The molecule has 0 spiro atoms. The van der Waals surface area contributed by atoms with Gasteiger partial charge >= 0.3 is 0 Å². The maximum Gasteiger partial charge on any atom is -0.0228 e. The molecule has 0 amide bonds. The van der Waals surface area contributed by atoms with E-state index in [0.29, 0.717) is 5.41 Å². The summed E-state index contributed by atoms with van der Waals surface area (Å²) in [6, 6.07) is 10.7. The standard InChI is InChI=1S/C14H18/c1-14(2)10-8-13(9-11-14)12-6-4-3-5-7-12/h3-8H,9-11H2,1-2H3. The molecule has 0 atom stereocenters. The van der Waals surface area contributed by atoms with Crippen LogP contribution < -0.4 is 0 Å². The zero-order valence-electron chi connectivity index (χ0n) is 9.09. The van der Waals surface area contributed by atoms with Gasteiger partial charge in [0.15, 0.2) is 0 Å². The van der Waals surface area contributed by atoms with E-state index in [0.717, 1.165) is 0 Å². The zero-order valence-corrected chi connectivity index (χ0v) is 9.09. The Morgan fingerprint density at radius 3 is 2.36 bits per heavy atom. The molecule has 1 aliphatic rings. The van der Waals surface area contributed by atoms with Crippen molar-refractivity contribution in [1.29, 1.82) is 0 Å². The van der Waals surface area contributed by atoms with Gasteiger partial charge in [-0.3, -0.25) is 0 Å². The first kappa shape index (κ1) is 9.51. The molecule has 1 aromatic carbocycles. The molecule has 0 aromatic heterocycles. The maximum atomic E-state index is 2.42. The Balaban J connectivity index is 2.19. The van der Waals surface area contributed by atoms with E-state index in [9.17, 15) is 0 Å². The first-order chi connectivity index (χ1) is 6.67. The minimum Gasteiger partial charge on any atom is -0.0802 e. The SMILES string of the molecule is CC1(C)CC=C(c2ccccc2)CC1. The molecule has 74 valence electrons. The molecule has 0 heteroatoms. The normalized spacial score (nSPS) is 20.3. The van der Waals surface area contributed by atoms with Gasteiger partial charge in [0.2, 0.25) is 0 Å². The average Bonchev–Trinajstić information content (AvgIpc) is 2.19. The molecule has 0 aliphatic heterocycles. The summed E-state index contributed by atoms with van der Waals surface area (Å²) in [6.07, 6.45) is 6.18. The molecule has 0 saturated carbocycles. The lowest BCUT2D eigenvalue weighted by Gasteiger charge is -2.28. The van der Waals surface area contributed by atoms with Crippen LogP contribution in [0.5, 0.6) is 0 Å². The molecule has 0 fully saturated rings. The fraction of sp³-hybridized carbons (Fsp3) is 0.429. The summed E-state index contributed by atoms with van der Waals surface area (Å²) in [5.74, 6) is 0. The highest BCUT2D eigenvalue weighted by Gasteiger charge is 2.21. The van der Waals surface area contributed by atoms with Crippen LogP contribution in [0.15, 0.2) is 36.4 Å². The van der Waals surface area contributed by atoms with Crippen LogP contribution in [0.1, 0.15) is 38.7 Å². The monoisotopic (exact) mass is 186 g/mol.